The van der Waals surface area contributed by atoms with Gasteiger partial charge in [0, 0.05) is 15.6 Å². The molecular weight excluding hydrogens is 356 g/mol. The van der Waals surface area contributed by atoms with Gasteiger partial charge in [0.05, 0.1) is 11.5 Å². The van der Waals surface area contributed by atoms with Gasteiger partial charge in [-0.2, -0.15) is 5.26 Å². The van der Waals surface area contributed by atoms with Crippen molar-refractivity contribution in [3.05, 3.63) is 51.3 Å². The van der Waals surface area contributed by atoms with Gasteiger partial charge in [-0.05, 0) is 11.6 Å². The molecule has 0 bridgehead atoms. The lowest BCUT2D eigenvalue weighted by Gasteiger charge is -2.32. The zero-order valence-electron chi connectivity index (χ0n) is 13.1. The molecule has 23 heavy (non-hydrogen) atoms. The third kappa shape index (κ3) is 2.51. The fraction of sp³-hybridized carbons (Fsp3) is 0.294. The number of hydrogen-bond donors (Lipinski definition) is 2. The number of nitrogen functional groups attached to an aromatic ring is 1. The Labute approximate surface area is 143 Å². The first-order chi connectivity index (χ1) is 10.8. The molecule has 3 N–H and O–H groups in total. The lowest BCUT2D eigenvalue weighted by molar-refractivity contribution is 0.272. The van der Waals surface area contributed by atoms with Crippen molar-refractivity contribution in [3.8, 4) is 11.9 Å². The first kappa shape index (κ1) is 15.6. The third-order valence-electron chi connectivity index (χ3n) is 3.83. The van der Waals surface area contributed by atoms with Gasteiger partial charge in [-0.25, -0.2) is 0 Å². The normalized spacial score (nSPS) is 17.4. The highest BCUT2D eigenvalue weighted by molar-refractivity contribution is 9.11. The molecule has 2 aromatic rings. The molecule has 5 nitrogen and oxygen atoms in total. The van der Waals surface area contributed by atoms with E-state index >= 15 is 0 Å². The first-order valence-electron chi connectivity index (χ1n) is 7.25. The van der Waals surface area contributed by atoms with Crippen molar-refractivity contribution in [2.75, 3.05) is 5.73 Å². The van der Waals surface area contributed by atoms with Gasteiger partial charge in [0.25, 0.3) is 0 Å². The number of halogens is 1. The number of para-hydroxylation sites is 1. The van der Waals surface area contributed by atoms with Crippen LogP contribution >= 0.6 is 15.9 Å². The lowest BCUT2D eigenvalue weighted by atomic mass is 9.83. The number of nitrogens with two attached hydrogens (primary N) is 1. The summed E-state index contributed by atoms with van der Waals surface area (Å²) in [4.78, 5) is 0. The quantitative estimate of drug-likeness (QED) is 0.739. The largest absolute Gasteiger partial charge is 0.440 e. The number of fused-ring (bicyclic) bond motifs is 1. The molecule has 1 unspecified atom stereocenters. The molecule has 0 fully saturated rings. The predicted octanol–water partition coefficient (Wildman–Crippen LogP) is 4.04. The van der Waals surface area contributed by atoms with Crippen LogP contribution in [-0.4, -0.2) is 10.2 Å². The first-order valence-corrected chi connectivity index (χ1v) is 8.04. The van der Waals surface area contributed by atoms with Crippen molar-refractivity contribution in [1.82, 2.24) is 10.2 Å². The molecule has 0 spiro atoms. The summed E-state index contributed by atoms with van der Waals surface area (Å²) >= 11 is 3.69. The molecule has 6 heteroatoms. The molecule has 0 aliphatic carbocycles. The van der Waals surface area contributed by atoms with Crippen LogP contribution in [-0.2, 0) is 0 Å². The number of nitriles is 1. The van der Waals surface area contributed by atoms with E-state index in [4.69, 9.17) is 10.5 Å². The van der Waals surface area contributed by atoms with Crippen molar-refractivity contribution in [1.29, 1.82) is 5.26 Å². The standard InChI is InChI=1S/C17H17BrN4O/c1-17(2,3)15-14(18)12(9-6-4-5-7-10(9)20)13-11(8-19)21-22-16(13)23-15/h4-7,12H,20H2,1-3H3,(H,21,22). The van der Waals surface area contributed by atoms with Crippen molar-refractivity contribution in [2.45, 2.75) is 26.7 Å². The zero-order chi connectivity index (χ0) is 16.8. The highest BCUT2D eigenvalue weighted by atomic mass is 79.9. The molecule has 1 aliphatic rings. The number of nitrogens with zero attached hydrogens (tertiary/aromatic N) is 2. The number of hydrogen-bond acceptors (Lipinski definition) is 4. The molecule has 0 saturated heterocycles. The summed E-state index contributed by atoms with van der Waals surface area (Å²) in [5.74, 6) is 1.000. The number of aromatic amines is 1. The summed E-state index contributed by atoms with van der Waals surface area (Å²) in [6.45, 7) is 6.20. The number of anilines is 1. The summed E-state index contributed by atoms with van der Waals surface area (Å²) in [6, 6.07) is 9.79. The maximum atomic E-state index is 9.39. The lowest BCUT2D eigenvalue weighted by Crippen LogP contribution is -2.23. The summed E-state index contributed by atoms with van der Waals surface area (Å²) in [7, 11) is 0. The van der Waals surface area contributed by atoms with Crippen LogP contribution in [0.25, 0.3) is 0 Å². The number of aromatic nitrogens is 2. The van der Waals surface area contributed by atoms with Gasteiger partial charge in [0.15, 0.2) is 0 Å². The SMILES string of the molecule is CC(C)(C)C1=C(Br)C(c2ccccc2N)c2c(n[nH]c2C#N)O1. The Morgan fingerprint density at radius 3 is 2.65 bits per heavy atom. The molecule has 1 aromatic carbocycles. The highest BCUT2D eigenvalue weighted by Gasteiger charge is 2.38. The van der Waals surface area contributed by atoms with Crippen LogP contribution in [0, 0.1) is 16.7 Å². The van der Waals surface area contributed by atoms with Gasteiger partial charge >= 0.3 is 0 Å². The van der Waals surface area contributed by atoms with Crippen LogP contribution in [0.5, 0.6) is 5.88 Å². The summed E-state index contributed by atoms with van der Waals surface area (Å²) < 4.78 is 6.85. The van der Waals surface area contributed by atoms with Crippen LogP contribution in [0.15, 0.2) is 34.5 Å². The molecule has 0 radical (unpaired) electrons. The number of rotatable bonds is 1. The van der Waals surface area contributed by atoms with E-state index in [0.29, 0.717) is 22.8 Å². The molecule has 1 aliphatic heterocycles. The Balaban J connectivity index is 2.30. The molecule has 1 aromatic heterocycles. The number of benzene rings is 1. The minimum absolute atomic E-state index is 0.218. The Morgan fingerprint density at radius 2 is 2.04 bits per heavy atom. The van der Waals surface area contributed by atoms with Crippen molar-refractivity contribution in [2.24, 2.45) is 5.41 Å². The third-order valence-corrected chi connectivity index (χ3v) is 4.64. The second kappa shape index (κ2) is 5.43. The fourth-order valence-electron chi connectivity index (χ4n) is 2.75. The van der Waals surface area contributed by atoms with Crippen LogP contribution in [0.1, 0.15) is 43.5 Å². The van der Waals surface area contributed by atoms with Crippen LogP contribution in [0.4, 0.5) is 5.69 Å². The average Bonchev–Trinajstić information content (AvgIpc) is 2.89. The molecule has 118 valence electrons. The second-order valence-corrected chi connectivity index (χ2v) is 7.37. The Hall–Kier alpha value is -2.26. The van der Waals surface area contributed by atoms with Gasteiger partial charge in [0.1, 0.15) is 17.5 Å². The van der Waals surface area contributed by atoms with E-state index in [1.807, 2.05) is 24.3 Å². The number of allylic oxidation sites excluding steroid dienone is 2. The van der Waals surface area contributed by atoms with Gasteiger partial charge in [-0.1, -0.05) is 54.9 Å². The van der Waals surface area contributed by atoms with E-state index in [1.165, 1.54) is 0 Å². The van der Waals surface area contributed by atoms with Gasteiger partial charge in [-0.15, -0.1) is 5.10 Å². The number of nitrogens with one attached hydrogen (secondary N) is 1. The smallest absolute Gasteiger partial charge is 0.243 e. The monoisotopic (exact) mass is 372 g/mol. The average molecular weight is 373 g/mol. The van der Waals surface area contributed by atoms with Crippen LogP contribution < -0.4 is 10.5 Å². The van der Waals surface area contributed by atoms with Crippen LogP contribution in [0.3, 0.4) is 0 Å². The van der Waals surface area contributed by atoms with Gasteiger partial charge < -0.3 is 10.5 Å². The molecule has 0 saturated carbocycles. The molecule has 1 atom stereocenters. The Morgan fingerprint density at radius 1 is 1.35 bits per heavy atom. The van der Waals surface area contributed by atoms with Crippen LogP contribution in [0.2, 0.25) is 0 Å². The van der Waals surface area contributed by atoms with E-state index < -0.39 is 0 Å². The Kier molecular flexibility index (Phi) is 3.69. The summed E-state index contributed by atoms with van der Waals surface area (Å²) in [6.07, 6.45) is 0. The molecular formula is C17H17BrN4O. The fourth-order valence-corrected chi connectivity index (χ4v) is 3.90. The topological polar surface area (TPSA) is 87.7 Å². The van der Waals surface area contributed by atoms with Gasteiger partial charge in [0.2, 0.25) is 5.88 Å². The van der Waals surface area contributed by atoms with Crippen molar-refractivity contribution in [3.63, 3.8) is 0 Å². The zero-order valence-corrected chi connectivity index (χ0v) is 14.7. The Bertz CT molecular complexity index is 839. The van der Waals surface area contributed by atoms with E-state index in [1.54, 1.807) is 0 Å². The minimum Gasteiger partial charge on any atom is -0.440 e. The maximum absolute atomic E-state index is 9.39. The second-order valence-electron chi connectivity index (χ2n) is 6.52. The molecule has 2 heterocycles. The highest BCUT2D eigenvalue weighted by Crippen LogP contribution is 2.50. The van der Waals surface area contributed by atoms with E-state index in [9.17, 15) is 5.26 Å². The van der Waals surface area contributed by atoms with Crippen molar-refractivity contribution >= 4 is 21.6 Å². The summed E-state index contributed by atoms with van der Waals surface area (Å²) in [5, 5.41) is 16.3. The molecule has 0 amide bonds. The van der Waals surface area contributed by atoms with E-state index in [2.05, 4.69) is 53.0 Å². The maximum Gasteiger partial charge on any atom is 0.243 e. The number of H-pyrrole nitrogens is 1. The van der Waals surface area contributed by atoms with Crippen molar-refractivity contribution < 1.29 is 4.74 Å². The van der Waals surface area contributed by atoms with Gasteiger partial charge in [-0.3, -0.25) is 5.10 Å². The van der Waals surface area contributed by atoms with E-state index in [0.717, 1.165) is 15.8 Å². The molecule has 3 rings (SSSR count). The minimum atomic E-state index is -0.220. The van der Waals surface area contributed by atoms with E-state index in [-0.39, 0.29) is 11.3 Å². The summed E-state index contributed by atoms with van der Waals surface area (Å²) in [5.41, 5.74) is 8.66. The number of ether oxygens (including phenoxy) is 1. The predicted molar refractivity (Wildman–Crippen MR) is 92.0 cm³/mol.